The largest absolute Gasteiger partial charge is 0.481 e. The lowest BCUT2D eigenvalue weighted by Crippen LogP contribution is -2.14. The summed E-state index contributed by atoms with van der Waals surface area (Å²) in [4.78, 5) is 14.7. The zero-order valence-electron chi connectivity index (χ0n) is 8.11. The molecule has 1 N–H and O–H groups in total. The van der Waals surface area contributed by atoms with Gasteiger partial charge in [0.1, 0.15) is 6.54 Å². The molecule has 5 heteroatoms. The Hall–Kier alpha value is -1.78. The van der Waals surface area contributed by atoms with Crippen molar-refractivity contribution in [2.75, 3.05) is 26.1 Å². The number of hydrogen-bond acceptors (Lipinski definition) is 5. The molecule has 5 nitrogen and oxygen atoms in total. The molecule has 0 saturated heterocycles. The average Bonchev–Trinajstić information content (AvgIpc) is 2.26. The van der Waals surface area contributed by atoms with Crippen molar-refractivity contribution < 1.29 is 14.3 Å². The molecule has 0 amide bonds. The van der Waals surface area contributed by atoms with E-state index in [0.29, 0.717) is 5.88 Å². The van der Waals surface area contributed by atoms with Crippen LogP contribution in [0, 0.1) is 0 Å². The number of nitrogens with one attached hydrogen (secondary N) is 1. The van der Waals surface area contributed by atoms with E-state index in [4.69, 9.17) is 4.74 Å². The monoisotopic (exact) mass is 196 g/mol. The maximum absolute atomic E-state index is 10.8. The van der Waals surface area contributed by atoms with Crippen LogP contribution in [0.25, 0.3) is 0 Å². The van der Waals surface area contributed by atoms with Crippen LogP contribution in [0.5, 0.6) is 5.88 Å². The van der Waals surface area contributed by atoms with Crippen LogP contribution < -0.4 is 10.1 Å². The fraction of sp³-hybridized carbons (Fsp3) is 0.333. The fourth-order valence-corrected chi connectivity index (χ4v) is 0.877. The van der Waals surface area contributed by atoms with E-state index in [0.717, 1.165) is 5.69 Å². The van der Waals surface area contributed by atoms with Gasteiger partial charge >= 0.3 is 5.97 Å². The number of rotatable bonds is 4. The van der Waals surface area contributed by atoms with Crippen molar-refractivity contribution >= 4 is 11.7 Å². The van der Waals surface area contributed by atoms with Gasteiger partial charge in [-0.05, 0) is 6.07 Å². The van der Waals surface area contributed by atoms with Gasteiger partial charge in [-0.25, -0.2) is 4.98 Å². The van der Waals surface area contributed by atoms with E-state index in [1.165, 1.54) is 14.2 Å². The molecule has 1 heterocycles. The Balaban J connectivity index is 2.54. The number of nitrogens with zero attached hydrogens (tertiary/aromatic N) is 1. The molecule has 76 valence electrons. The topological polar surface area (TPSA) is 60.5 Å². The zero-order valence-corrected chi connectivity index (χ0v) is 8.11. The summed E-state index contributed by atoms with van der Waals surface area (Å²) >= 11 is 0. The van der Waals surface area contributed by atoms with Gasteiger partial charge in [0.15, 0.2) is 0 Å². The number of esters is 1. The second kappa shape index (κ2) is 5.06. The number of anilines is 1. The van der Waals surface area contributed by atoms with Crippen LogP contribution in [0.4, 0.5) is 5.69 Å². The molecule has 1 aromatic heterocycles. The molecule has 0 atom stereocenters. The molecule has 0 aliphatic heterocycles. The molecular weight excluding hydrogens is 184 g/mol. The first-order valence-corrected chi connectivity index (χ1v) is 4.07. The molecule has 0 saturated carbocycles. The molecule has 0 unspecified atom stereocenters. The zero-order chi connectivity index (χ0) is 10.4. The van der Waals surface area contributed by atoms with Crippen molar-refractivity contribution in [1.82, 2.24) is 4.98 Å². The fourth-order valence-electron chi connectivity index (χ4n) is 0.877. The number of aromatic nitrogens is 1. The number of methoxy groups -OCH3 is 2. The summed E-state index contributed by atoms with van der Waals surface area (Å²) in [5, 5.41) is 2.88. The van der Waals surface area contributed by atoms with Gasteiger partial charge in [0.2, 0.25) is 5.88 Å². The molecule has 0 bridgehead atoms. The maximum Gasteiger partial charge on any atom is 0.325 e. The van der Waals surface area contributed by atoms with Crippen molar-refractivity contribution in [1.29, 1.82) is 0 Å². The Labute approximate surface area is 82.0 Å². The lowest BCUT2D eigenvalue weighted by Gasteiger charge is -2.05. The van der Waals surface area contributed by atoms with E-state index in [-0.39, 0.29) is 12.5 Å². The summed E-state index contributed by atoms with van der Waals surface area (Å²) < 4.78 is 9.40. The Morgan fingerprint density at radius 3 is 3.00 bits per heavy atom. The van der Waals surface area contributed by atoms with E-state index >= 15 is 0 Å². The van der Waals surface area contributed by atoms with Gasteiger partial charge in [-0.15, -0.1) is 0 Å². The predicted octanol–water partition coefficient (Wildman–Crippen LogP) is 0.675. The number of hydrogen-bond donors (Lipinski definition) is 1. The van der Waals surface area contributed by atoms with Crippen LogP contribution in [0.2, 0.25) is 0 Å². The Morgan fingerprint density at radius 2 is 2.36 bits per heavy atom. The van der Waals surface area contributed by atoms with Crippen molar-refractivity contribution in [3.05, 3.63) is 18.3 Å². The third-order valence-corrected chi connectivity index (χ3v) is 1.61. The average molecular weight is 196 g/mol. The Kier molecular flexibility index (Phi) is 3.72. The molecule has 0 aliphatic rings. The quantitative estimate of drug-likeness (QED) is 0.717. The summed E-state index contributed by atoms with van der Waals surface area (Å²) in [7, 11) is 2.88. The number of carbonyl (C=O) groups is 1. The smallest absolute Gasteiger partial charge is 0.325 e. The summed E-state index contributed by atoms with van der Waals surface area (Å²) in [6, 6.07) is 3.44. The molecule has 0 radical (unpaired) electrons. The van der Waals surface area contributed by atoms with Gasteiger partial charge in [-0.3, -0.25) is 4.79 Å². The lowest BCUT2D eigenvalue weighted by molar-refractivity contribution is -0.138. The van der Waals surface area contributed by atoms with E-state index in [9.17, 15) is 4.79 Å². The highest BCUT2D eigenvalue weighted by atomic mass is 16.5. The first kappa shape index (κ1) is 10.3. The molecule has 0 aliphatic carbocycles. The molecular formula is C9H12N2O3. The van der Waals surface area contributed by atoms with Crippen LogP contribution in [-0.4, -0.2) is 31.7 Å². The van der Waals surface area contributed by atoms with Gasteiger partial charge in [0.25, 0.3) is 0 Å². The van der Waals surface area contributed by atoms with E-state index in [2.05, 4.69) is 15.0 Å². The first-order valence-electron chi connectivity index (χ1n) is 4.07. The van der Waals surface area contributed by atoms with Crippen molar-refractivity contribution in [2.24, 2.45) is 0 Å². The summed E-state index contributed by atoms with van der Waals surface area (Å²) in [6.45, 7) is 0.129. The van der Waals surface area contributed by atoms with E-state index in [1.54, 1.807) is 18.3 Å². The minimum Gasteiger partial charge on any atom is -0.481 e. The highest BCUT2D eigenvalue weighted by Gasteiger charge is 2.00. The second-order valence-corrected chi connectivity index (χ2v) is 2.52. The van der Waals surface area contributed by atoms with Crippen LogP contribution >= 0.6 is 0 Å². The SMILES string of the molecule is COC(=O)CNc1ccnc(OC)c1. The van der Waals surface area contributed by atoms with E-state index < -0.39 is 0 Å². The maximum atomic E-state index is 10.8. The van der Waals surface area contributed by atoms with Crippen LogP contribution in [-0.2, 0) is 9.53 Å². The predicted molar refractivity (Wildman–Crippen MR) is 51.3 cm³/mol. The third-order valence-electron chi connectivity index (χ3n) is 1.61. The minimum absolute atomic E-state index is 0.129. The molecule has 14 heavy (non-hydrogen) atoms. The molecule has 0 fully saturated rings. The van der Waals surface area contributed by atoms with Gasteiger partial charge in [0, 0.05) is 18.0 Å². The normalized spacial score (nSPS) is 9.29. The standard InChI is InChI=1S/C9H12N2O3/c1-13-8-5-7(3-4-10-8)11-6-9(12)14-2/h3-5H,6H2,1-2H3,(H,10,11). The minimum atomic E-state index is -0.319. The number of carbonyl (C=O) groups excluding carboxylic acids is 1. The van der Waals surface area contributed by atoms with Crippen molar-refractivity contribution in [3.63, 3.8) is 0 Å². The molecule has 0 spiro atoms. The number of ether oxygens (including phenoxy) is 2. The van der Waals surface area contributed by atoms with Gasteiger partial charge in [-0.2, -0.15) is 0 Å². The van der Waals surface area contributed by atoms with Gasteiger partial charge in [-0.1, -0.05) is 0 Å². The summed E-state index contributed by atoms with van der Waals surface area (Å²) in [5.41, 5.74) is 0.766. The molecule has 1 aromatic rings. The lowest BCUT2D eigenvalue weighted by atomic mass is 10.4. The molecule has 0 aromatic carbocycles. The van der Waals surface area contributed by atoms with Crippen molar-refractivity contribution in [2.45, 2.75) is 0 Å². The molecule has 1 rings (SSSR count). The summed E-state index contributed by atoms with van der Waals surface area (Å²) in [5.74, 6) is 0.181. The van der Waals surface area contributed by atoms with Crippen LogP contribution in [0.1, 0.15) is 0 Å². The van der Waals surface area contributed by atoms with E-state index in [1.807, 2.05) is 0 Å². The highest BCUT2D eigenvalue weighted by molar-refractivity contribution is 5.74. The number of pyridine rings is 1. The van der Waals surface area contributed by atoms with Crippen molar-refractivity contribution in [3.8, 4) is 5.88 Å². The van der Waals surface area contributed by atoms with Crippen LogP contribution in [0.3, 0.4) is 0 Å². The third kappa shape index (κ3) is 2.93. The second-order valence-electron chi connectivity index (χ2n) is 2.52. The summed E-state index contributed by atoms with van der Waals surface area (Å²) in [6.07, 6.45) is 1.60. The highest BCUT2D eigenvalue weighted by Crippen LogP contribution is 2.12. The Morgan fingerprint density at radius 1 is 1.57 bits per heavy atom. The Bertz CT molecular complexity index is 315. The van der Waals surface area contributed by atoms with Crippen LogP contribution in [0.15, 0.2) is 18.3 Å². The van der Waals surface area contributed by atoms with Gasteiger partial charge in [0.05, 0.1) is 14.2 Å². The van der Waals surface area contributed by atoms with Gasteiger partial charge < -0.3 is 14.8 Å². The first-order chi connectivity index (χ1) is 6.76.